The lowest BCUT2D eigenvalue weighted by Gasteiger charge is -2.21. The number of benzene rings is 1. The summed E-state index contributed by atoms with van der Waals surface area (Å²) in [6.07, 6.45) is 1.08. The third-order valence-corrected chi connectivity index (χ3v) is 2.53. The van der Waals surface area contributed by atoms with Gasteiger partial charge in [-0.25, -0.2) is 0 Å². The molecule has 1 N–H and O–H groups in total. The van der Waals surface area contributed by atoms with Crippen LogP contribution < -0.4 is 0 Å². The van der Waals surface area contributed by atoms with Crippen LogP contribution in [0.3, 0.4) is 0 Å². The van der Waals surface area contributed by atoms with Crippen molar-refractivity contribution in [3.05, 3.63) is 35.9 Å². The molecule has 3 heteroatoms. The van der Waals surface area contributed by atoms with Gasteiger partial charge in [0.05, 0.1) is 0 Å². The van der Waals surface area contributed by atoms with Crippen LogP contribution in [0.1, 0.15) is 12.0 Å². The van der Waals surface area contributed by atoms with Gasteiger partial charge in [-0.15, -0.1) is 0 Å². The summed E-state index contributed by atoms with van der Waals surface area (Å²) in [6.45, 7) is 1.98. The van der Waals surface area contributed by atoms with Gasteiger partial charge >= 0.3 is 0 Å². The number of nitrogens with zero attached hydrogens (tertiary/aromatic N) is 2. The fourth-order valence-corrected chi connectivity index (χ4v) is 1.55. The molecule has 1 rings (SSSR count). The van der Waals surface area contributed by atoms with E-state index in [2.05, 4.69) is 19.0 Å². The smallest absolute Gasteiger partial charge is 0.127 e. The van der Waals surface area contributed by atoms with E-state index in [1.807, 2.05) is 42.3 Å². The maximum Gasteiger partial charge on any atom is 0.127 e. The first kappa shape index (κ1) is 12.7. The van der Waals surface area contributed by atoms with Crippen LogP contribution >= 0.6 is 0 Å². The monoisotopic (exact) mass is 219 g/mol. The highest BCUT2D eigenvalue weighted by Crippen LogP contribution is 2.03. The SMILES string of the molecule is CN(C)CCCN(C)C(=N)c1ccccc1. The van der Waals surface area contributed by atoms with E-state index in [0.29, 0.717) is 5.84 Å². The van der Waals surface area contributed by atoms with Crippen LogP contribution in [0.25, 0.3) is 0 Å². The zero-order valence-corrected chi connectivity index (χ0v) is 10.4. The van der Waals surface area contributed by atoms with E-state index in [-0.39, 0.29) is 0 Å². The minimum absolute atomic E-state index is 0.597. The molecule has 0 spiro atoms. The van der Waals surface area contributed by atoms with E-state index >= 15 is 0 Å². The summed E-state index contributed by atoms with van der Waals surface area (Å²) in [5, 5.41) is 8.03. The standard InChI is InChI=1S/C13H21N3/c1-15(2)10-7-11-16(3)13(14)12-8-5-4-6-9-12/h4-6,8-9,14H,7,10-11H2,1-3H3. The van der Waals surface area contributed by atoms with Crippen LogP contribution in [0, 0.1) is 5.41 Å². The maximum atomic E-state index is 8.03. The van der Waals surface area contributed by atoms with Crippen LogP contribution in [0.4, 0.5) is 0 Å². The van der Waals surface area contributed by atoms with Gasteiger partial charge in [-0.2, -0.15) is 0 Å². The van der Waals surface area contributed by atoms with Crippen molar-refractivity contribution < 1.29 is 0 Å². The molecule has 0 radical (unpaired) electrons. The second-order valence-electron chi connectivity index (χ2n) is 4.29. The Morgan fingerprint density at radius 3 is 2.25 bits per heavy atom. The quantitative estimate of drug-likeness (QED) is 0.605. The molecule has 0 atom stereocenters. The van der Waals surface area contributed by atoms with Gasteiger partial charge in [0.15, 0.2) is 0 Å². The van der Waals surface area contributed by atoms with Gasteiger partial charge in [0, 0.05) is 19.2 Å². The Bertz CT molecular complexity index is 319. The summed E-state index contributed by atoms with van der Waals surface area (Å²) < 4.78 is 0. The minimum Gasteiger partial charge on any atom is -0.360 e. The van der Waals surface area contributed by atoms with Crippen LogP contribution in [0.2, 0.25) is 0 Å². The van der Waals surface area contributed by atoms with E-state index in [1.54, 1.807) is 0 Å². The Morgan fingerprint density at radius 1 is 1.06 bits per heavy atom. The van der Waals surface area contributed by atoms with Crippen LogP contribution in [0.5, 0.6) is 0 Å². The highest BCUT2D eigenvalue weighted by atomic mass is 15.1. The van der Waals surface area contributed by atoms with E-state index in [1.165, 1.54) is 0 Å². The normalized spacial score (nSPS) is 10.5. The van der Waals surface area contributed by atoms with Gasteiger partial charge < -0.3 is 9.80 Å². The van der Waals surface area contributed by atoms with Gasteiger partial charge in [0.2, 0.25) is 0 Å². The third-order valence-electron chi connectivity index (χ3n) is 2.53. The molecule has 0 saturated carbocycles. The summed E-state index contributed by atoms with van der Waals surface area (Å²) in [7, 11) is 6.12. The van der Waals surface area contributed by atoms with Crippen molar-refractivity contribution in [2.24, 2.45) is 0 Å². The fraction of sp³-hybridized carbons (Fsp3) is 0.462. The molecular weight excluding hydrogens is 198 g/mol. The molecule has 88 valence electrons. The highest BCUT2D eigenvalue weighted by molar-refractivity contribution is 5.96. The van der Waals surface area contributed by atoms with Gasteiger partial charge in [-0.05, 0) is 27.1 Å². The van der Waals surface area contributed by atoms with E-state index in [9.17, 15) is 0 Å². The first-order valence-electron chi connectivity index (χ1n) is 5.61. The Balaban J connectivity index is 2.43. The Labute approximate surface area is 98.2 Å². The molecule has 0 fully saturated rings. The zero-order valence-electron chi connectivity index (χ0n) is 10.4. The van der Waals surface area contributed by atoms with Crippen molar-refractivity contribution in [2.45, 2.75) is 6.42 Å². The van der Waals surface area contributed by atoms with Crippen molar-refractivity contribution in [3.63, 3.8) is 0 Å². The van der Waals surface area contributed by atoms with Crippen molar-refractivity contribution in [1.82, 2.24) is 9.80 Å². The van der Waals surface area contributed by atoms with Crippen molar-refractivity contribution in [2.75, 3.05) is 34.2 Å². The van der Waals surface area contributed by atoms with Crippen LogP contribution in [-0.4, -0.2) is 49.9 Å². The Kier molecular flexibility index (Phi) is 4.99. The molecule has 1 aromatic carbocycles. The Morgan fingerprint density at radius 2 is 1.69 bits per heavy atom. The summed E-state index contributed by atoms with van der Waals surface area (Å²) in [5.74, 6) is 0.597. The summed E-state index contributed by atoms with van der Waals surface area (Å²) in [6, 6.07) is 9.87. The first-order valence-corrected chi connectivity index (χ1v) is 5.61. The molecule has 0 heterocycles. The van der Waals surface area contributed by atoms with E-state index in [0.717, 1.165) is 25.1 Å². The summed E-state index contributed by atoms with van der Waals surface area (Å²) in [5.41, 5.74) is 0.981. The number of hydrogen-bond acceptors (Lipinski definition) is 2. The number of nitrogens with one attached hydrogen (secondary N) is 1. The van der Waals surface area contributed by atoms with Crippen molar-refractivity contribution in [3.8, 4) is 0 Å². The average molecular weight is 219 g/mol. The number of amidine groups is 1. The van der Waals surface area contributed by atoms with Gasteiger partial charge in [0.25, 0.3) is 0 Å². The lowest BCUT2D eigenvalue weighted by Crippen LogP contribution is -2.29. The minimum atomic E-state index is 0.597. The average Bonchev–Trinajstić information content (AvgIpc) is 2.28. The fourth-order valence-electron chi connectivity index (χ4n) is 1.55. The maximum absolute atomic E-state index is 8.03. The van der Waals surface area contributed by atoms with Gasteiger partial charge in [0.1, 0.15) is 5.84 Å². The molecule has 16 heavy (non-hydrogen) atoms. The number of hydrogen-bond donors (Lipinski definition) is 1. The Hall–Kier alpha value is -1.35. The van der Waals surface area contributed by atoms with E-state index < -0.39 is 0 Å². The molecule has 3 nitrogen and oxygen atoms in total. The van der Waals surface area contributed by atoms with Crippen LogP contribution in [0.15, 0.2) is 30.3 Å². The lowest BCUT2D eigenvalue weighted by atomic mass is 10.2. The largest absolute Gasteiger partial charge is 0.360 e. The van der Waals surface area contributed by atoms with E-state index in [4.69, 9.17) is 5.41 Å². The predicted octanol–water partition coefficient (Wildman–Crippen LogP) is 1.90. The predicted molar refractivity (Wildman–Crippen MR) is 69.1 cm³/mol. The topological polar surface area (TPSA) is 30.3 Å². The van der Waals surface area contributed by atoms with Crippen LogP contribution in [-0.2, 0) is 0 Å². The highest BCUT2D eigenvalue weighted by Gasteiger charge is 2.06. The van der Waals surface area contributed by atoms with Gasteiger partial charge in [-0.1, -0.05) is 30.3 Å². The molecule has 0 aliphatic carbocycles. The first-order chi connectivity index (χ1) is 7.61. The zero-order chi connectivity index (χ0) is 12.0. The molecular formula is C13H21N3. The number of rotatable bonds is 5. The third kappa shape index (κ3) is 4.03. The molecule has 0 aliphatic heterocycles. The molecule has 0 unspecified atom stereocenters. The molecule has 1 aromatic rings. The molecule has 0 bridgehead atoms. The van der Waals surface area contributed by atoms with Crippen molar-refractivity contribution in [1.29, 1.82) is 5.41 Å². The van der Waals surface area contributed by atoms with Crippen molar-refractivity contribution >= 4 is 5.84 Å². The summed E-state index contributed by atoms with van der Waals surface area (Å²) >= 11 is 0. The molecule has 0 aliphatic rings. The second kappa shape index (κ2) is 6.28. The lowest BCUT2D eigenvalue weighted by molar-refractivity contribution is 0.369. The second-order valence-corrected chi connectivity index (χ2v) is 4.29. The molecule has 0 amide bonds. The molecule has 0 aromatic heterocycles. The van der Waals surface area contributed by atoms with Gasteiger partial charge in [-0.3, -0.25) is 5.41 Å². The molecule has 0 saturated heterocycles. The summed E-state index contributed by atoms with van der Waals surface area (Å²) in [4.78, 5) is 4.17.